The molecule has 0 aromatic carbocycles. The minimum Gasteiger partial charge on any atom is -0.306 e. The predicted octanol–water partition coefficient (Wildman–Crippen LogP) is 2.89. The third-order valence-corrected chi connectivity index (χ3v) is 5.77. The van der Waals surface area contributed by atoms with Crippen molar-refractivity contribution in [1.29, 1.82) is 0 Å². The van der Waals surface area contributed by atoms with Crippen molar-refractivity contribution in [3.8, 4) is 0 Å². The van der Waals surface area contributed by atoms with Gasteiger partial charge in [-0.15, -0.1) is 0 Å². The molecule has 1 saturated carbocycles. The summed E-state index contributed by atoms with van der Waals surface area (Å²) in [6.45, 7) is 3.88. The van der Waals surface area contributed by atoms with Gasteiger partial charge in [0.1, 0.15) is 0 Å². The monoisotopic (exact) mass is 270 g/mol. The summed E-state index contributed by atoms with van der Waals surface area (Å²) < 4.78 is 0. The van der Waals surface area contributed by atoms with E-state index in [0.717, 1.165) is 11.8 Å². The highest BCUT2D eigenvalue weighted by Gasteiger charge is 2.33. The molecular weight excluding hydrogens is 240 g/mol. The number of hydrogen-bond donors (Lipinski definition) is 1. The second-order valence-electron chi connectivity index (χ2n) is 6.69. The van der Waals surface area contributed by atoms with Gasteiger partial charge in [-0.2, -0.15) is 12.6 Å². The van der Waals surface area contributed by atoms with Crippen molar-refractivity contribution < 1.29 is 0 Å². The largest absolute Gasteiger partial charge is 0.306 e. The van der Waals surface area contributed by atoms with Crippen LogP contribution in [0.2, 0.25) is 0 Å². The molecule has 0 unspecified atom stereocenters. The molecule has 1 aliphatic carbocycles. The van der Waals surface area contributed by atoms with Gasteiger partial charge in [-0.3, -0.25) is 0 Å². The van der Waals surface area contributed by atoms with Crippen molar-refractivity contribution in [1.82, 2.24) is 9.80 Å². The summed E-state index contributed by atoms with van der Waals surface area (Å²) >= 11 is 4.66. The van der Waals surface area contributed by atoms with Gasteiger partial charge in [0.15, 0.2) is 0 Å². The minimum absolute atomic E-state index is 0.534. The van der Waals surface area contributed by atoms with Gasteiger partial charge in [0, 0.05) is 12.6 Å². The van der Waals surface area contributed by atoms with Crippen LogP contribution in [-0.2, 0) is 0 Å². The molecule has 0 spiro atoms. The van der Waals surface area contributed by atoms with E-state index < -0.39 is 0 Å². The summed E-state index contributed by atoms with van der Waals surface area (Å²) in [5, 5.41) is 0. The highest BCUT2D eigenvalue weighted by molar-refractivity contribution is 7.80. The van der Waals surface area contributed by atoms with Crippen LogP contribution in [0.5, 0.6) is 0 Å². The van der Waals surface area contributed by atoms with Gasteiger partial charge in [0.05, 0.1) is 0 Å². The lowest BCUT2D eigenvalue weighted by molar-refractivity contribution is 0.0834. The first-order valence-electron chi connectivity index (χ1n) is 7.65. The Balaban J connectivity index is 1.82. The molecule has 2 aliphatic rings. The lowest BCUT2D eigenvalue weighted by atomic mass is 9.75. The molecule has 1 aliphatic heterocycles. The summed E-state index contributed by atoms with van der Waals surface area (Å²) in [4.78, 5) is 5.11. The Hall–Kier alpha value is 0.270. The van der Waals surface area contributed by atoms with Crippen molar-refractivity contribution in [3.63, 3.8) is 0 Å². The molecule has 0 radical (unpaired) electrons. The van der Waals surface area contributed by atoms with Gasteiger partial charge < -0.3 is 9.80 Å². The quantitative estimate of drug-likeness (QED) is 0.785. The van der Waals surface area contributed by atoms with Crippen molar-refractivity contribution in [3.05, 3.63) is 0 Å². The van der Waals surface area contributed by atoms with E-state index in [1.165, 1.54) is 64.6 Å². The first-order valence-corrected chi connectivity index (χ1v) is 8.28. The normalized spacial score (nSPS) is 26.7. The maximum Gasteiger partial charge on any atom is 0.0113 e. The first-order chi connectivity index (χ1) is 8.65. The minimum atomic E-state index is 0.534. The Morgan fingerprint density at radius 2 is 1.72 bits per heavy atom. The number of piperidine rings is 1. The number of thiol groups is 1. The van der Waals surface area contributed by atoms with Crippen LogP contribution in [0.3, 0.4) is 0 Å². The molecule has 18 heavy (non-hydrogen) atoms. The zero-order chi connectivity index (χ0) is 13.0. The summed E-state index contributed by atoms with van der Waals surface area (Å²) in [6, 6.07) is 0.805. The summed E-state index contributed by atoms with van der Waals surface area (Å²) in [5.41, 5.74) is 0.534. The van der Waals surface area contributed by atoms with Gasteiger partial charge in [-0.05, 0) is 64.0 Å². The van der Waals surface area contributed by atoms with Gasteiger partial charge >= 0.3 is 0 Å². The van der Waals surface area contributed by atoms with Crippen LogP contribution in [-0.4, -0.2) is 55.3 Å². The van der Waals surface area contributed by atoms with Crippen molar-refractivity contribution in [2.45, 2.75) is 51.0 Å². The molecule has 2 rings (SSSR count). The van der Waals surface area contributed by atoms with Crippen LogP contribution < -0.4 is 0 Å². The molecule has 0 amide bonds. The first kappa shape index (κ1) is 14.7. The molecule has 106 valence electrons. The van der Waals surface area contributed by atoms with E-state index in [-0.39, 0.29) is 0 Å². The molecule has 0 N–H and O–H groups in total. The predicted molar refractivity (Wildman–Crippen MR) is 82.5 cm³/mol. The van der Waals surface area contributed by atoms with Gasteiger partial charge in [0.2, 0.25) is 0 Å². The van der Waals surface area contributed by atoms with Crippen LogP contribution in [0.25, 0.3) is 0 Å². The smallest absolute Gasteiger partial charge is 0.0113 e. The Kier molecular flexibility index (Phi) is 5.40. The Labute approximate surface area is 119 Å². The SMILES string of the molecule is CN(C)C1CCN(CC2(CS)CCCCC2)CC1. The van der Waals surface area contributed by atoms with Crippen LogP contribution >= 0.6 is 12.6 Å². The second kappa shape index (κ2) is 6.62. The molecule has 0 bridgehead atoms. The summed E-state index contributed by atoms with van der Waals surface area (Å²) in [5.74, 6) is 1.08. The molecule has 1 saturated heterocycles. The average Bonchev–Trinajstić information content (AvgIpc) is 2.40. The van der Waals surface area contributed by atoms with Crippen LogP contribution in [0, 0.1) is 5.41 Å². The maximum absolute atomic E-state index is 4.66. The zero-order valence-corrected chi connectivity index (χ0v) is 13.1. The van der Waals surface area contributed by atoms with Crippen molar-refractivity contribution in [2.24, 2.45) is 5.41 Å². The fourth-order valence-corrected chi connectivity index (χ4v) is 4.15. The number of hydrogen-bond acceptors (Lipinski definition) is 3. The number of nitrogens with zero attached hydrogens (tertiary/aromatic N) is 2. The number of likely N-dealkylation sites (tertiary alicyclic amines) is 1. The van der Waals surface area contributed by atoms with Crippen LogP contribution in [0.1, 0.15) is 44.9 Å². The maximum atomic E-state index is 4.66. The van der Waals surface area contributed by atoms with Crippen LogP contribution in [0.15, 0.2) is 0 Å². The molecule has 2 fully saturated rings. The molecule has 0 aromatic heterocycles. The second-order valence-corrected chi connectivity index (χ2v) is 7.01. The summed E-state index contributed by atoms with van der Waals surface area (Å²) in [7, 11) is 4.44. The fourth-order valence-electron chi connectivity index (χ4n) is 3.74. The lowest BCUT2D eigenvalue weighted by Gasteiger charge is -2.43. The molecule has 3 heteroatoms. The van der Waals surface area contributed by atoms with E-state index in [1.54, 1.807) is 0 Å². The van der Waals surface area contributed by atoms with Crippen molar-refractivity contribution in [2.75, 3.05) is 39.5 Å². The molecule has 1 heterocycles. The standard InChI is InChI=1S/C15H30N2S/c1-16(2)14-6-10-17(11-7-14)12-15(13-18)8-4-3-5-9-15/h14,18H,3-13H2,1-2H3. The van der Waals surface area contributed by atoms with E-state index in [1.807, 2.05) is 0 Å². The fraction of sp³-hybridized carbons (Fsp3) is 1.00. The molecule has 0 atom stereocenters. The lowest BCUT2D eigenvalue weighted by Crippen LogP contribution is -2.47. The average molecular weight is 270 g/mol. The van der Waals surface area contributed by atoms with E-state index in [4.69, 9.17) is 0 Å². The molecular formula is C15H30N2S. The third kappa shape index (κ3) is 3.64. The van der Waals surface area contributed by atoms with Gasteiger partial charge in [0.25, 0.3) is 0 Å². The van der Waals surface area contributed by atoms with Crippen molar-refractivity contribution >= 4 is 12.6 Å². The molecule has 0 aromatic rings. The molecule has 2 nitrogen and oxygen atoms in total. The van der Waals surface area contributed by atoms with E-state index >= 15 is 0 Å². The Morgan fingerprint density at radius 1 is 1.11 bits per heavy atom. The Morgan fingerprint density at radius 3 is 2.22 bits per heavy atom. The number of rotatable bonds is 4. The van der Waals surface area contributed by atoms with E-state index in [2.05, 4.69) is 36.5 Å². The van der Waals surface area contributed by atoms with Gasteiger partial charge in [-0.25, -0.2) is 0 Å². The highest BCUT2D eigenvalue weighted by atomic mass is 32.1. The third-order valence-electron chi connectivity index (χ3n) is 5.10. The van der Waals surface area contributed by atoms with Crippen LogP contribution in [0.4, 0.5) is 0 Å². The summed E-state index contributed by atoms with van der Waals surface area (Å²) in [6.07, 6.45) is 9.79. The van der Waals surface area contributed by atoms with E-state index in [9.17, 15) is 0 Å². The highest BCUT2D eigenvalue weighted by Crippen LogP contribution is 2.38. The topological polar surface area (TPSA) is 6.48 Å². The Bertz CT molecular complexity index is 241. The van der Waals surface area contributed by atoms with Gasteiger partial charge in [-0.1, -0.05) is 19.3 Å². The van der Waals surface area contributed by atoms with E-state index in [0.29, 0.717) is 5.41 Å². The zero-order valence-electron chi connectivity index (χ0n) is 12.2.